The van der Waals surface area contributed by atoms with E-state index in [0.29, 0.717) is 24.1 Å². The highest BCUT2D eigenvalue weighted by molar-refractivity contribution is 6.05. The fourth-order valence-corrected chi connectivity index (χ4v) is 3.49. The Bertz CT molecular complexity index is 1220. The quantitative estimate of drug-likeness (QED) is 0.547. The van der Waals surface area contributed by atoms with E-state index in [1.165, 1.54) is 4.57 Å². The fraction of sp³-hybridized carbons (Fsp3) is 0.227. The monoisotopic (exact) mass is 359 g/mol. The number of aromatic nitrogens is 3. The maximum atomic E-state index is 13.1. The topological polar surface area (TPSA) is 56.9 Å². The molecule has 0 unspecified atom stereocenters. The number of rotatable bonds is 5. The van der Waals surface area contributed by atoms with E-state index in [-0.39, 0.29) is 5.56 Å². The number of hydrogen-bond donors (Lipinski definition) is 0. The van der Waals surface area contributed by atoms with E-state index in [2.05, 4.69) is 4.98 Å². The molecule has 0 aliphatic rings. The Hall–Kier alpha value is -3.21. The van der Waals surface area contributed by atoms with Gasteiger partial charge in [0.15, 0.2) is 5.65 Å². The van der Waals surface area contributed by atoms with Gasteiger partial charge in [0.05, 0.1) is 10.9 Å². The minimum Gasteiger partial charge on any atom is -0.320 e. The molecule has 0 saturated carbocycles. The van der Waals surface area contributed by atoms with Crippen molar-refractivity contribution in [2.75, 3.05) is 0 Å². The molecular formula is C22H21N3O2. The molecule has 136 valence electrons. The van der Waals surface area contributed by atoms with Gasteiger partial charge in [-0.2, -0.15) is 4.98 Å². The zero-order chi connectivity index (χ0) is 18.8. The number of hydrogen-bond acceptors (Lipinski definition) is 3. The standard InChI is InChI=1S/C22H21N3O2/c1-2-3-14-24-21(26)19-17-12-8-5-9-13-18(17)25(20(19)23-22(24)27)15-16-10-6-4-7-11-16/h4-13H,2-3,14-15H2,1H3. The highest BCUT2D eigenvalue weighted by Crippen LogP contribution is 2.25. The van der Waals surface area contributed by atoms with Gasteiger partial charge in [-0.15, -0.1) is 0 Å². The SMILES string of the molecule is CCCCn1c(=O)nc2c(c1=O)c1cccccc1n2Cc1ccccc1. The van der Waals surface area contributed by atoms with Crippen LogP contribution in [-0.2, 0) is 13.1 Å². The van der Waals surface area contributed by atoms with Gasteiger partial charge in [0.1, 0.15) is 0 Å². The highest BCUT2D eigenvalue weighted by Gasteiger charge is 2.18. The summed E-state index contributed by atoms with van der Waals surface area (Å²) >= 11 is 0. The normalized spacial score (nSPS) is 11.3. The number of unbranched alkanes of at least 4 members (excludes halogenated alkanes) is 1. The summed E-state index contributed by atoms with van der Waals surface area (Å²) in [4.78, 5) is 30.0. The summed E-state index contributed by atoms with van der Waals surface area (Å²) in [5.74, 6) is 0. The van der Waals surface area contributed by atoms with Gasteiger partial charge in [-0.05, 0) is 18.1 Å². The van der Waals surface area contributed by atoms with Gasteiger partial charge in [-0.1, -0.05) is 67.9 Å². The Labute approximate surface area is 156 Å². The van der Waals surface area contributed by atoms with E-state index in [0.717, 1.165) is 29.3 Å². The average Bonchev–Trinajstić information content (AvgIpc) is 2.83. The summed E-state index contributed by atoms with van der Waals surface area (Å²) in [6, 6.07) is 19.7. The van der Waals surface area contributed by atoms with E-state index in [1.807, 2.05) is 72.2 Å². The molecule has 27 heavy (non-hydrogen) atoms. The molecular weight excluding hydrogens is 338 g/mol. The van der Waals surface area contributed by atoms with Crippen molar-refractivity contribution in [3.05, 3.63) is 87.1 Å². The second-order valence-corrected chi connectivity index (χ2v) is 6.68. The molecule has 2 aromatic heterocycles. The van der Waals surface area contributed by atoms with Gasteiger partial charge in [0, 0.05) is 18.5 Å². The van der Waals surface area contributed by atoms with Crippen LogP contribution in [0.2, 0.25) is 0 Å². The molecule has 0 N–H and O–H groups in total. The maximum absolute atomic E-state index is 13.1. The highest BCUT2D eigenvalue weighted by atomic mass is 16.2. The molecule has 4 rings (SSSR count). The summed E-state index contributed by atoms with van der Waals surface area (Å²) in [7, 11) is 0. The molecule has 2 aromatic carbocycles. The molecule has 4 aromatic rings. The summed E-state index contributed by atoms with van der Waals surface area (Å²) in [5, 5.41) is 1.35. The Kier molecular flexibility index (Phi) is 4.59. The van der Waals surface area contributed by atoms with E-state index >= 15 is 0 Å². The molecule has 0 spiro atoms. The van der Waals surface area contributed by atoms with Crippen LogP contribution in [0.4, 0.5) is 0 Å². The molecule has 0 saturated heterocycles. The van der Waals surface area contributed by atoms with E-state index in [1.54, 1.807) is 0 Å². The molecule has 0 fully saturated rings. The molecule has 0 amide bonds. The second-order valence-electron chi connectivity index (χ2n) is 6.68. The van der Waals surface area contributed by atoms with Gasteiger partial charge in [-0.3, -0.25) is 9.36 Å². The van der Waals surface area contributed by atoms with Crippen LogP contribution in [0.5, 0.6) is 0 Å². The molecule has 5 heteroatoms. The van der Waals surface area contributed by atoms with Crippen molar-refractivity contribution in [2.45, 2.75) is 32.9 Å². The summed E-state index contributed by atoms with van der Waals surface area (Å²) in [6.45, 7) is 2.99. The zero-order valence-corrected chi connectivity index (χ0v) is 15.3. The van der Waals surface area contributed by atoms with Crippen LogP contribution in [0, 0.1) is 0 Å². The van der Waals surface area contributed by atoms with Crippen molar-refractivity contribution in [3.63, 3.8) is 0 Å². The lowest BCUT2D eigenvalue weighted by Crippen LogP contribution is -2.35. The van der Waals surface area contributed by atoms with Crippen molar-refractivity contribution in [1.29, 1.82) is 0 Å². The number of nitrogens with zero attached hydrogens (tertiary/aromatic N) is 3. The second kappa shape index (κ2) is 7.19. The first-order valence-corrected chi connectivity index (χ1v) is 9.26. The van der Waals surface area contributed by atoms with Crippen molar-refractivity contribution in [3.8, 4) is 0 Å². The van der Waals surface area contributed by atoms with Gasteiger partial charge < -0.3 is 4.57 Å². The Morgan fingerprint density at radius 3 is 2.33 bits per heavy atom. The first-order chi connectivity index (χ1) is 13.2. The first-order valence-electron chi connectivity index (χ1n) is 9.26. The van der Waals surface area contributed by atoms with Crippen LogP contribution < -0.4 is 11.2 Å². The third kappa shape index (κ3) is 3.05. The third-order valence-electron chi connectivity index (χ3n) is 4.86. The predicted molar refractivity (Wildman–Crippen MR) is 108 cm³/mol. The van der Waals surface area contributed by atoms with E-state index in [4.69, 9.17) is 0 Å². The van der Waals surface area contributed by atoms with Crippen molar-refractivity contribution >= 4 is 21.9 Å². The lowest BCUT2D eigenvalue weighted by molar-refractivity contribution is 0.588. The van der Waals surface area contributed by atoms with Crippen LogP contribution in [-0.4, -0.2) is 14.1 Å². The Morgan fingerprint density at radius 1 is 0.889 bits per heavy atom. The van der Waals surface area contributed by atoms with E-state index in [9.17, 15) is 9.59 Å². The molecule has 0 bridgehead atoms. The number of fused-ring (bicyclic) bond motifs is 3. The molecule has 2 heterocycles. The van der Waals surface area contributed by atoms with Crippen LogP contribution in [0.3, 0.4) is 0 Å². The molecule has 0 aliphatic carbocycles. The lowest BCUT2D eigenvalue weighted by atomic mass is 10.2. The molecule has 0 aliphatic heterocycles. The lowest BCUT2D eigenvalue weighted by Gasteiger charge is -2.07. The van der Waals surface area contributed by atoms with Gasteiger partial charge in [0.2, 0.25) is 0 Å². The minimum absolute atomic E-state index is 0.249. The van der Waals surface area contributed by atoms with Crippen molar-refractivity contribution < 1.29 is 0 Å². The van der Waals surface area contributed by atoms with Crippen LogP contribution >= 0.6 is 0 Å². The maximum Gasteiger partial charge on any atom is 0.352 e. The predicted octanol–water partition coefficient (Wildman–Crippen LogP) is 3.56. The van der Waals surface area contributed by atoms with Gasteiger partial charge in [0.25, 0.3) is 5.56 Å². The van der Waals surface area contributed by atoms with Crippen LogP contribution in [0.1, 0.15) is 25.3 Å². The summed E-state index contributed by atoms with van der Waals surface area (Å²) in [5.41, 5.74) is 1.73. The van der Waals surface area contributed by atoms with E-state index < -0.39 is 5.69 Å². The zero-order valence-electron chi connectivity index (χ0n) is 15.3. The smallest absolute Gasteiger partial charge is 0.320 e. The average molecular weight is 359 g/mol. The van der Waals surface area contributed by atoms with Gasteiger partial charge >= 0.3 is 5.69 Å². The molecule has 5 nitrogen and oxygen atoms in total. The summed E-state index contributed by atoms with van der Waals surface area (Å²) in [6.07, 6.45) is 1.69. The molecule has 0 radical (unpaired) electrons. The van der Waals surface area contributed by atoms with Crippen LogP contribution in [0.15, 0.2) is 70.3 Å². The fourth-order valence-electron chi connectivity index (χ4n) is 3.49. The Balaban J connectivity index is 2.06. The number of benzene rings is 1. The summed E-state index contributed by atoms with van der Waals surface area (Å²) < 4.78 is 3.23. The minimum atomic E-state index is -0.470. The van der Waals surface area contributed by atoms with Gasteiger partial charge in [-0.25, -0.2) is 4.79 Å². The Morgan fingerprint density at radius 2 is 1.59 bits per heavy atom. The van der Waals surface area contributed by atoms with Crippen molar-refractivity contribution in [2.24, 2.45) is 0 Å². The van der Waals surface area contributed by atoms with Crippen LogP contribution in [0.25, 0.3) is 21.9 Å². The first kappa shape index (κ1) is 17.2. The largest absolute Gasteiger partial charge is 0.352 e. The third-order valence-corrected chi connectivity index (χ3v) is 4.86. The van der Waals surface area contributed by atoms with Crippen molar-refractivity contribution in [1.82, 2.24) is 14.1 Å². The molecule has 0 atom stereocenters.